The third-order valence-electron chi connectivity index (χ3n) is 17.0. The van der Waals surface area contributed by atoms with E-state index in [-0.39, 0.29) is 25.7 Å². The molecule has 0 aromatic heterocycles. The smallest absolute Gasteiger partial charge is 0.462 e. The van der Waals surface area contributed by atoms with Gasteiger partial charge in [-0.15, -0.1) is 0 Å². The molecule has 0 saturated carbocycles. The summed E-state index contributed by atoms with van der Waals surface area (Å²) in [6.45, 7) is 9.46. The molecule has 92 heavy (non-hydrogen) atoms. The number of hydrogen-bond acceptors (Lipinski definition) is 15. The number of ether oxygens (including phenoxy) is 4. The lowest BCUT2D eigenvalue weighted by atomic mass is 10.0. The molecular formula is C73H142O17P2. The Balaban J connectivity index is 5.19. The van der Waals surface area contributed by atoms with Crippen LogP contribution in [-0.4, -0.2) is 96.7 Å². The molecule has 0 aliphatic rings. The summed E-state index contributed by atoms with van der Waals surface area (Å²) in [5.41, 5.74) is 0. The fraction of sp³-hybridized carbons (Fsp3) is 0.945. The molecule has 0 aliphatic heterocycles. The number of carbonyl (C=O) groups excluding carboxylic acids is 4. The van der Waals surface area contributed by atoms with Gasteiger partial charge in [0.05, 0.1) is 26.4 Å². The highest BCUT2D eigenvalue weighted by Crippen LogP contribution is 2.45. The highest BCUT2D eigenvalue weighted by atomic mass is 31.2. The van der Waals surface area contributed by atoms with Gasteiger partial charge in [-0.05, 0) is 37.5 Å². The molecule has 0 heterocycles. The number of phosphoric acid groups is 2. The summed E-state index contributed by atoms with van der Waals surface area (Å²) in [6, 6.07) is 0. The van der Waals surface area contributed by atoms with Gasteiger partial charge in [0, 0.05) is 25.7 Å². The Bertz CT molecular complexity index is 1790. The van der Waals surface area contributed by atoms with E-state index in [9.17, 15) is 43.2 Å². The van der Waals surface area contributed by atoms with Crippen LogP contribution in [0.4, 0.5) is 0 Å². The monoisotopic (exact) mass is 1350 g/mol. The van der Waals surface area contributed by atoms with Crippen LogP contribution in [0.3, 0.4) is 0 Å². The van der Waals surface area contributed by atoms with Crippen LogP contribution in [0.25, 0.3) is 0 Å². The Hall–Kier alpha value is -1.94. The highest BCUT2D eigenvalue weighted by molar-refractivity contribution is 7.47. The molecule has 0 saturated heterocycles. The average Bonchev–Trinajstić information content (AvgIpc) is 3.26. The summed E-state index contributed by atoms with van der Waals surface area (Å²) in [5.74, 6) is -0.699. The molecule has 5 atom stereocenters. The molecule has 0 amide bonds. The maximum atomic E-state index is 13.0. The van der Waals surface area contributed by atoms with Crippen molar-refractivity contribution < 1.29 is 80.2 Å². The molecule has 0 radical (unpaired) electrons. The van der Waals surface area contributed by atoms with Crippen LogP contribution in [-0.2, 0) is 65.4 Å². The van der Waals surface area contributed by atoms with Gasteiger partial charge in [0.1, 0.15) is 19.3 Å². The molecule has 19 heteroatoms. The first-order valence-corrected chi connectivity index (χ1v) is 41.0. The van der Waals surface area contributed by atoms with Gasteiger partial charge < -0.3 is 33.8 Å². The van der Waals surface area contributed by atoms with Crippen LogP contribution >= 0.6 is 15.6 Å². The second-order valence-electron chi connectivity index (χ2n) is 27.3. The zero-order valence-electron chi connectivity index (χ0n) is 59.9. The highest BCUT2D eigenvalue weighted by Gasteiger charge is 2.30. The average molecular weight is 1350 g/mol. The zero-order valence-corrected chi connectivity index (χ0v) is 61.6. The van der Waals surface area contributed by atoms with E-state index < -0.39 is 97.5 Å². The minimum absolute atomic E-state index is 0.106. The van der Waals surface area contributed by atoms with E-state index in [2.05, 4.69) is 41.5 Å². The number of unbranched alkanes of at least 4 members (excludes halogenated alkanes) is 42. The molecule has 0 fully saturated rings. The Kier molecular flexibility index (Phi) is 63.7. The molecule has 2 unspecified atom stereocenters. The van der Waals surface area contributed by atoms with E-state index >= 15 is 0 Å². The summed E-state index contributed by atoms with van der Waals surface area (Å²) in [7, 11) is -9.90. The SMILES string of the molecule is CCCCCCCCCCCCCCCCCCCCCCC(=O)O[C@H](COC(=O)CCCCCCCCCCCC(C)C)COP(=O)(O)OC[C@@H](O)COP(=O)(O)OC[C@@H](COC(=O)CCCCCCCCC(C)C)OC(=O)CCCCCCCCCCCCC. The summed E-state index contributed by atoms with van der Waals surface area (Å²) >= 11 is 0. The third-order valence-corrected chi connectivity index (χ3v) is 18.9. The lowest BCUT2D eigenvalue weighted by Crippen LogP contribution is -2.30. The summed E-state index contributed by atoms with van der Waals surface area (Å²) in [4.78, 5) is 72.6. The van der Waals surface area contributed by atoms with Crippen molar-refractivity contribution in [2.24, 2.45) is 11.8 Å². The van der Waals surface area contributed by atoms with Crippen molar-refractivity contribution in [2.75, 3.05) is 39.6 Å². The standard InChI is InChI=1S/C73H142O17P2/c1-7-9-11-13-15-17-19-20-21-22-23-24-25-26-27-29-33-38-46-52-58-73(78)89-68(61-83-70(75)55-49-43-36-34-30-31-35-41-47-53-65(3)4)63-87-91(79,80)85-59-67(74)60-86-92(81,82)88-64-69(62-84-71(76)56-50-44-40-39-42-48-54-66(5)6)90-72(77)57-51-45-37-32-28-18-16-14-12-10-8-2/h65-69,74H,7-64H2,1-6H3,(H,79,80)(H,81,82)/t67-,68-,69-/m1/s1. The summed E-state index contributed by atoms with van der Waals surface area (Å²) < 4.78 is 68.3. The van der Waals surface area contributed by atoms with Crippen LogP contribution in [0.1, 0.15) is 375 Å². The van der Waals surface area contributed by atoms with Crippen molar-refractivity contribution in [1.29, 1.82) is 0 Å². The predicted molar refractivity (Wildman–Crippen MR) is 372 cm³/mol. The lowest BCUT2D eigenvalue weighted by Gasteiger charge is -2.21. The van der Waals surface area contributed by atoms with Crippen molar-refractivity contribution in [2.45, 2.75) is 394 Å². The molecular weight excluding hydrogens is 1210 g/mol. The van der Waals surface area contributed by atoms with Gasteiger partial charge in [-0.2, -0.15) is 0 Å². The van der Waals surface area contributed by atoms with E-state index in [1.807, 2.05) is 0 Å². The van der Waals surface area contributed by atoms with Gasteiger partial charge in [-0.1, -0.05) is 324 Å². The maximum absolute atomic E-state index is 13.0. The van der Waals surface area contributed by atoms with Crippen molar-refractivity contribution in [3.63, 3.8) is 0 Å². The van der Waals surface area contributed by atoms with Gasteiger partial charge in [0.15, 0.2) is 12.2 Å². The molecule has 0 bridgehead atoms. The molecule has 17 nitrogen and oxygen atoms in total. The van der Waals surface area contributed by atoms with E-state index in [1.54, 1.807) is 0 Å². The van der Waals surface area contributed by atoms with E-state index in [1.165, 1.54) is 186 Å². The number of aliphatic hydroxyl groups is 1. The first-order chi connectivity index (χ1) is 44.4. The van der Waals surface area contributed by atoms with Gasteiger partial charge in [-0.3, -0.25) is 37.3 Å². The van der Waals surface area contributed by atoms with Crippen molar-refractivity contribution in [3.05, 3.63) is 0 Å². The van der Waals surface area contributed by atoms with E-state index in [0.29, 0.717) is 31.6 Å². The van der Waals surface area contributed by atoms with Gasteiger partial charge in [-0.25, -0.2) is 9.13 Å². The Morgan fingerprint density at radius 2 is 0.500 bits per heavy atom. The number of hydrogen-bond donors (Lipinski definition) is 3. The Labute approximate surface area is 562 Å². The number of phosphoric ester groups is 2. The maximum Gasteiger partial charge on any atom is 0.472 e. The quantitative estimate of drug-likeness (QED) is 0.0222. The van der Waals surface area contributed by atoms with Crippen LogP contribution in [0.2, 0.25) is 0 Å². The zero-order chi connectivity index (χ0) is 67.9. The summed E-state index contributed by atoms with van der Waals surface area (Å²) in [6.07, 6.45) is 51.6. The van der Waals surface area contributed by atoms with Crippen LogP contribution in [0.15, 0.2) is 0 Å². The van der Waals surface area contributed by atoms with Crippen molar-refractivity contribution >= 4 is 39.5 Å². The van der Waals surface area contributed by atoms with Crippen LogP contribution < -0.4 is 0 Å². The molecule has 3 N–H and O–H groups in total. The topological polar surface area (TPSA) is 237 Å². The van der Waals surface area contributed by atoms with Gasteiger partial charge in [0.2, 0.25) is 0 Å². The van der Waals surface area contributed by atoms with Crippen molar-refractivity contribution in [3.8, 4) is 0 Å². The largest absolute Gasteiger partial charge is 0.472 e. The molecule has 0 aliphatic carbocycles. The number of aliphatic hydroxyl groups excluding tert-OH is 1. The van der Waals surface area contributed by atoms with E-state index in [4.69, 9.17) is 37.0 Å². The van der Waals surface area contributed by atoms with Crippen LogP contribution in [0.5, 0.6) is 0 Å². The minimum Gasteiger partial charge on any atom is -0.462 e. The van der Waals surface area contributed by atoms with Gasteiger partial charge >= 0.3 is 39.5 Å². The molecule has 0 aromatic carbocycles. The fourth-order valence-corrected chi connectivity index (χ4v) is 12.7. The van der Waals surface area contributed by atoms with Crippen molar-refractivity contribution in [1.82, 2.24) is 0 Å². The van der Waals surface area contributed by atoms with Gasteiger partial charge in [0.25, 0.3) is 0 Å². The number of esters is 4. The Morgan fingerprint density at radius 1 is 0.293 bits per heavy atom. The first kappa shape index (κ1) is 90.1. The molecule has 546 valence electrons. The lowest BCUT2D eigenvalue weighted by molar-refractivity contribution is -0.161. The third kappa shape index (κ3) is 66.7. The predicted octanol–water partition coefficient (Wildman–Crippen LogP) is 21.2. The van der Waals surface area contributed by atoms with Crippen LogP contribution in [0, 0.1) is 11.8 Å². The number of carbonyl (C=O) groups is 4. The Morgan fingerprint density at radius 3 is 0.739 bits per heavy atom. The van der Waals surface area contributed by atoms with E-state index in [0.717, 1.165) is 102 Å². The minimum atomic E-state index is -4.95. The summed E-state index contributed by atoms with van der Waals surface area (Å²) in [5, 5.41) is 10.6. The molecule has 0 rings (SSSR count). The molecule has 0 aromatic rings. The second-order valence-corrected chi connectivity index (χ2v) is 30.2. The fourth-order valence-electron chi connectivity index (χ4n) is 11.1. The second kappa shape index (κ2) is 65.0. The normalized spacial score (nSPS) is 14.1. The number of rotatable bonds is 72. The molecule has 0 spiro atoms. The first-order valence-electron chi connectivity index (χ1n) is 38.0.